The minimum absolute atomic E-state index is 0.257. The number of fused-ring (bicyclic) bond motifs is 1. The molecule has 1 aliphatic heterocycles. The molecule has 3 heterocycles. The Hall–Kier alpha value is -1.36. The van der Waals surface area contributed by atoms with E-state index in [0.29, 0.717) is 6.42 Å². The third-order valence-corrected chi connectivity index (χ3v) is 4.58. The Bertz CT molecular complexity index is 579. The fourth-order valence-electron chi connectivity index (χ4n) is 2.66. The molecule has 1 aliphatic rings. The lowest BCUT2D eigenvalue weighted by molar-refractivity contribution is -0.130. The number of nitrogens with zero attached hydrogens (tertiary/aromatic N) is 3. The van der Waals surface area contributed by atoms with Gasteiger partial charge in [0.25, 0.3) is 0 Å². The van der Waals surface area contributed by atoms with Crippen molar-refractivity contribution >= 4 is 22.2 Å². The number of hydrogen-bond acceptors (Lipinski definition) is 3. The van der Waals surface area contributed by atoms with Gasteiger partial charge < -0.3 is 4.90 Å². The summed E-state index contributed by atoms with van der Waals surface area (Å²) in [5, 5.41) is 2.05. The Labute approximate surface area is 117 Å². The first kappa shape index (κ1) is 12.7. The highest BCUT2D eigenvalue weighted by Crippen LogP contribution is 2.18. The van der Waals surface area contributed by atoms with Gasteiger partial charge in [-0.15, -0.1) is 11.3 Å². The summed E-state index contributed by atoms with van der Waals surface area (Å²) in [6, 6.07) is 0. The predicted molar refractivity (Wildman–Crippen MR) is 76.6 cm³/mol. The number of carbonyl (C=O) groups is 1. The highest BCUT2D eigenvalue weighted by Gasteiger charge is 2.17. The van der Waals surface area contributed by atoms with Gasteiger partial charge in [-0.3, -0.25) is 9.20 Å². The first-order valence-corrected chi connectivity index (χ1v) is 7.82. The summed E-state index contributed by atoms with van der Waals surface area (Å²) < 4.78 is 2.05. The van der Waals surface area contributed by atoms with Crippen LogP contribution < -0.4 is 0 Å². The molecule has 2 aromatic rings. The maximum absolute atomic E-state index is 12.4. The quantitative estimate of drug-likeness (QED) is 0.846. The van der Waals surface area contributed by atoms with Crippen LogP contribution in [0.4, 0.5) is 0 Å². The summed E-state index contributed by atoms with van der Waals surface area (Å²) in [6.07, 6.45) is 7.32. The van der Waals surface area contributed by atoms with E-state index in [1.807, 2.05) is 18.0 Å². The van der Waals surface area contributed by atoms with E-state index in [2.05, 4.69) is 14.8 Å². The maximum Gasteiger partial charge on any atom is 0.228 e. The average molecular weight is 277 g/mol. The molecule has 0 atom stereocenters. The van der Waals surface area contributed by atoms with Gasteiger partial charge in [-0.25, -0.2) is 4.98 Å². The Morgan fingerprint density at radius 2 is 2.05 bits per heavy atom. The molecule has 0 unspecified atom stereocenters. The number of rotatable bonds is 2. The van der Waals surface area contributed by atoms with Gasteiger partial charge in [0.1, 0.15) is 0 Å². The van der Waals surface area contributed by atoms with Gasteiger partial charge in [-0.1, -0.05) is 12.8 Å². The van der Waals surface area contributed by atoms with Crippen molar-refractivity contribution in [3.8, 4) is 0 Å². The molecule has 2 aromatic heterocycles. The van der Waals surface area contributed by atoms with E-state index in [-0.39, 0.29) is 5.91 Å². The number of thiazole rings is 1. The molecule has 0 bridgehead atoms. The van der Waals surface area contributed by atoms with Crippen molar-refractivity contribution in [1.82, 2.24) is 14.3 Å². The highest BCUT2D eigenvalue weighted by molar-refractivity contribution is 7.15. The third kappa shape index (κ3) is 2.66. The van der Waals surface area contributed by atoms with Crippen LogP contribution in [0.3, 0.4) is 0 Å². The predicted octanol–water partition coefficient (Wildman–Crippen LogP) is 2.65. The van der Waals surface area contributed by atoms with E-state index in [4.69, 9.17) is 0 Å². The highest BCUT2D eigenvalue weighted by atomic mass is 32.1. The normalized spacial score (nSPS) is 16.8. The molecule has 0 aromatic carbocycles. The Balaban J connectivity index is 1.74. The van der Waals surface area contributed by atoms with Crippen molar-refractivity contribution in [1.29, 1.82) is 0 Å². The van der Waals surface area contributed by atoms with Crippen LogP contribution in [0.25, 0.3) is 4.96 Å². The van der Waals surface area contributed by atoms with Crippen LogP contribution in [0.15, 0.2) is 11.6 Å². The smallest absolute Gasteiger partial charge is 0.228 e. The summed E-state index contributed by atoms with van der Waals surface area (Å²) in [5.41, 5.74) is 2.07. The molecule has 0 N–H and O–H groups in total. The molecule has 0 radical (unpaired) electrons. The van der Waals surface area contributed by atoms with Gasteiger partial charge in [0.05, 0.1) is 12.1 Å². The number of aryl methyl sites for hydroxylation is 1. The lowest BCUT2D eigenvalue weighted by Crippen LogP contribution is -2.33. The number of imidazole rings is 1. The van der Waals surface area contributed by atoms with E-state index in [0.717, 1.165) is 42.3 Å². The van der Waals surface area contributed by atoms with Crippen molar-refractivity contribution in [3.05, 3.63) is 23.0 Å². The van der Waals surface area contributed by atoms with Crippen molar-refractivity contribution < 1.29 is 4.79 Å². The second-order valence-electron chi connectivity index (χ2n) is 5.23. The molecule has 5 heteroatoms. The zero-order chi connectivity index (χ0) is 13.2. The molecule has 1 saturated heterocycles. The summed E-state index contributed by atoms with van der Waals surface area (Å²) in [6.45, 7) is 3.84. The molecule has 0 aliphatic carbocycles. The zero-order valence-corrected chi connectivity index (χ0v) is 12.1. The van der Waals surface area contributed by atoms with Gasteiger partial charge in [0.2, 0.25) is 5.91 Å². The molecular weight excluding hydrogens is 258 g/mol. The van der Waals surface area contributed by atoms with Crippen molar-refractivity contribution in [3.63, 3.8) is 0 Å². The first-order valence-electron chi connectivity index (χ1n) is 6.94. The van der Waals surface area contributed by atoms with Gasteiger partial charge in [-0.05, 0) is 19.8 Å². The number of likely N-dealkylation sites (tertiary alicyclic amines) is 1. The van der Waals surface area contributed by atoms with Gasteiger partial charge in [0.15, 0.2) is 4.96 Å². The lowest BCUT2D eigenvalue weighted by atomic mass is 10.2. The van der Waals surface area contributed by atoms with E-state index in [9.17, 15) is 4.79 Å². The van der Waals surface area contributed by atoms with E-state index < -0.39 is 0 Å². The molecule has 3 rings (SSSR count). The summed E-state index contributed by atoms with van der Waals surface area (Å²) in [5.74, 6) is 0.257. The van der Waals surface area contributed by atoms with Crippen molar-refractivity contribution in [2.75, 3.05) is 13.1 Å². The van der Waals surface area contributed by atoms with Crippen LogP contribution in [0, 0.1) is 6.92 Å². The monoisotopic (exact) mass is 277 g/mol. The van der Waals surface area contributed by atoms with Gasteiger partial charge in [-0.2, -0.15) is 0 Å². The minimum Gasteiger partial charge on any atom is -0.342 e. The second-order valence-corrected chi connectivity index (χ2v) is 6.07. The average Bonchev–Trinajstić information content (AvgIpc) is 2.79. The van der Waals surface area contributed by atoms with Crippen LogP contribution in [-0.2, 0) is 11.2 Å². The molecule has 19 heavy (non-hydrogen) atoms. The van der Waals surface area contributed by atoms with E-state index in [1.165, 1.54) is 12.8 Å². The molecule has 0 spiro atoms. The molecular formula is C14H19N3OS. The number of carbonyl (C=O) groups excluding carboxylic acids is 1. The van der Waals surface area contributed by atoms with Crippen LogP contribution in [0.5, 0.6) is 0 Å². The van der Waals surface area contributed by atoms with E-state index in [1.54, 1.807) is 11.3 Å². The standard InChI is InChI=1S/C14H19N3OS/c1-11-9-17-12(10-19-14(17)15-11)8-13(18)16-6-4-2-3-5-7-16/h9-10H,2-8H2,1H3. The lowest BCUT2D eigenvalue weighted by Gasteiger charge is -2.19. The summed E-state index contributed by atoms with van der Waals surface area (Å²) in [4.78, 5) is 19.8. The summed E-state index contributed by atoms with van der Waals surface area (Å²) in [7, 11) is 0. The van der Waals surface area contributed by atoms with Gasteiger partial charge in [0, 0.05) is 30.4 Å². The zero-order valence-electron chi connectivity index (χ0n) is 11.3. The van der Waals surface area contributed by atoms with Crippen LogP contribution in [0.2, 0.25) is 0 Å². The fourth-order valence-corrected chi connectivity index (χ4v) is 3.57. The van der Waals surface area contributed by atoms with Crippen LogP contribution in [-0.4, -0.2) is 33.3 Å². The minimum atomic E-state index is 0.257. The Morgan fingerprint density at radius 1 is 1.32 bits per heavy atom. The second kappa shape index (κ2) is 5.33. The van der Waals surface area contributed by atoms with Crippen LogP contribution >= 0.6 is 11.3 Å². The molecule has 0 saturated carbocycles. The topological polar surface area (TPSA) is 37.6 Å². The first-order chi connectivity index (χ1) is 9.24. The molecule has 1 amide bonds. The van der Waals surface area contributed by atoms with Crippen LogP contribution in [0.1, 0.15) is 37.1 Å². The maximum atomic E-state index is 12.4. The Kier molecular flexibility index (Phi) is 3.55. The number of hydrogen-bond donors (Lipinski definition) is 0. The Morgan fingerprint density at radius 3 is 2.79 bits per heavy atom. The SMILES string of the molecule is Cc1cn2c(CC(=O)N3CCCCCC3)csc2n1. The van der Waals surface area contributed by atoms with Gasteiger partial charge >= 0.3 is 0 Å². The third-order valence-electron chi connectivity index (χ3n) is 3.69. The molecule has 1 fully saturated rings. The van der Waals surface area contributed by atoms with E-state index >= 15 is 0 Å². The largest absolute Gasteiger partial charge is 0.342 e. The number of aromatic nitrogens is 2. The fraction of sp³-hybridized carbons (Fsp3) is 0.571. The molecule has 4 nitrogen and oxygen atoms in total. The number of amides is 1. The summed E-state index contributed by atoms with van der Waals surface area (Å²) >= 11 is 1.61. The molecule has 102 valence electrons. The van der Waals surface area contributed by atoms with Crippen molar-refractivity contribution in [2.24, 2.45) is 0 Å². The van der Waals surface area contributed by atoms with Crippen molar-refractivity contribution in [2.45, 2.75) is 39.0 Å².